The van der Waals surface area contributed by atoms with Gasteiger partial charge in [0.15, 0.2) is 0 Å². The van der Waals surface area contributed by atoms with Crippen molar-refractivity contribution in [1.82, 2.24) is 4.57 Å². The number of aromatic nitrogens is 1. The summed E-state index contributed by atoms with van der Waals surface area (Å²) >= 11 is 0. The van der Waals surface area contributed by atoms with Crippen molar-refractivity contribution in [1.29, 1.82) is 0 Å². The molecule has 2 aliphatic heterocycles. The summed E-state index contributed by atoms with van der Waals surface area (Å²) in [6, 6.07) is 49.2. The van der Waals surface area contributed by atoms with Crippen LogP contribution in [0.15, 0.2) is 138 Å². The van der Waals surface area contributed by atoms with Gasteiger partial charge in [0.2, 0.25) is 0 Å². The Morgan fingerprint density at radius 1 is 0.551 bits per heavy atom. The Bertz CT molecular complexity index is 2870. The van der Waals surface area contributed by atoms with Crippen LogP contribution in [0.3, 0.4) is 0 Å². The van der Waals surface area contributed by atoms with E-state index in [9.17, 15) is 0 Å². The Kier molecular flexibility index (Phi) is 5.26. The van der Waals surface area contributed by atoms with E-state index >= 15 is 0 Å². The van der Waals surface area contributed by atoms with Crippen LogP contribution in [0.1, 0.15) is 16.7 Å². The van der Waals surface area contributed by atoms with E-state index in [1.807, 2.05) is 0 Å². The number of rotatable bonds is 2. The van der Waals surface area contributed by atoms with Gasteiger partial charge in [-0.3, -0.25) is 0 Å². The van der Waals surface area contributed by atoms with Gasteiger partial charge in [-0.1, -0.05) is 91.0 Å². The number of benzene rings is 7. The first-order valence-electron chi connectivity index (χ1n) is 17.1. The molecule has 49 heavy (non-hydrogen) atoms. The Balaban J connectivity index is 1.39. The Morgan fingerprint density at radius 2 is 1.27 bits per heavy atom. The third-order valence-corrected chi connectivity index (χ3v) is 11.1. The van der Waals surface area contributed by atoms with Crippen molar-refractivity contribution in [3.05, 3.63) is 150 Å². The molecule has 2 aromatic heterocycles. The zero-order valence-electron chi connectivity index (χ0n) is 27.6. The number of aryl methyl sites for hydroxylation is 3. The molecule has 0 amide bonds. The first-order chi connectivity index (χ1) is 24.1. The van der Waals surface area contributed by atoms with Gasteiger partial charge in [0, 0.05) is 38.8 Å². The summed E-state index contributed by atoms with van der Waals surface area (Å²) in [5.74, 6) is 0. The molecule has 230 valence electrons. The molecule has 0 saturated heterocycles. The Morgan fingerprint density at radius 3 is 2.12 bits per heavy atom. The average molecular weight is 627 g/mol. The highest BCUT2D eigenvalue weighted by Crippen LogP contribution is 2.50. The second kappa shape index (κ2) is 9.55. The highest BCUT2D eigenvalue weighted by molar-refractivity contribution is 6.94. The normalized spacial score (nSPS) is 13.1. The third kappa shape index (κ3) is 3.43. The van der Waals surface area contributed by atoms with Gasteiger partial charge in [0.25, 0.3) is 0 Å². The molecule has 0 saturated carbocycles. The molecule has 2 aliphatic rings. The fourth-order valence-corrected chi connectivity index (χ4v) is 9.18. The summed E-state index contributed by atoms with van der Waals surface area (Å²) in [4.78, 5) is 2.63. The lowest BCUT2D eigenvalue weighted by Gasteiger charge is -2.43. The molecule has 9 aromatic rings. The lowest BCUT2D eigenvalue weighted by Crippen LogP contribution is -2.60. The van der Waals surface area contributed by atoms with E-state index in [1.54, 1.807) is 0 Å². The highest BCUT2D eigenvalue weighted by Gasteiger charge is 2.45. The molecule has 4 heteroatoms. The fraction of sp³-hybridized carbons (Fsp3) is 0.0667. The monoisotopic (exact) mass is 626 g/mol. The molecule has 0 radical (unpaired) electrons. The predicted octanol–water partition coefficient (Wildman–Crippen LogP) is 10.5. The molecule has 0 aliphatic carbocycles. The number of anilines is 2. The maximum Gasteiger partial charge on any atom is 0.333 e. The van der Waals surface area contributed by atoms with Crippen LogP contribution in [0.4, 0.5) is 11.4 Å². The van der Waals surface area contributed by atoms with Crippen LogP contribution in [0.2, 0.25) is 0 Å². The van der Waals surface area contributed by atoms with Gasteiger partial charge >= 0.3 is 6.85 Å². The smallest absolute Gasteiger partial charge is 0.333 e. The van der Waals surface area contributed by atoms with Crippen molar-refractivity contribution in [2.45, 2.75) is 20.8 Å². The van der Waals surface area contributed by atoms with Crippen molar-refractivity contribution in [2.24, 2.45) is 0 Å². The molecule has 0 atom stereocenters. The minimum absolute atomic E-state index is 0.0506. The molecule has 0 bridgehead atoms. The van der Waals surface area contributed by atoms with Gasteiger partial charge < -0.3 is 13.8 Å². The number of para-hydroxylation sites is 4. The number of nitrogens with zero attached hydrogens (tertiary/aromatic N) is 2. The third-order valence-electron chi connectivity index (χ3n) is 11.1. The molecule has 7 aromatic carbocycles. The van der Waals surface area contributed by atoms with Crippen molar-refractivity contribution in [2.75, 3.05) is 4.81 Å². The van der Waals surface area contributed by atoms with Gasteiger partial charge in [0.05, 0.1) is 16.4 Å². The van der Waals surface area contributed by atoms with Crippen LogP contribution in [-0.4, -0.2) is 11.4 Å². The number of hydrogen-bond donors (Lipinski definition) is 0. The fourth-order valence-electron chi connectivity index (χ4n) is 9.18. The number of furan rings is 1. The predicted molar refractivity (Wildman–Crippen MR) is 207 cm³/mol. The SMILES string of the molecule is Cc1ccccc1N1B2c3c(cc(-c4c(C)cccc4C)cc3-n3c4ccccc4c4cccc2c43)-c2ccc3oc4ccccc4c3c21. The first-order valence-corrected chi connectivity index (χ1v) is 17.1. The summed E-state index contributed by atoms with van der Waals surface area (Å²) in [7, 11) is 0. The topological polar surface area (TPSA) is 21.3 Å². The van der Waals surface area contributed by atoms with E-state index in [2.05, 4.69) is 164 Å². The van der Waals surface area contributed by atoms with E-state index in [-0.39, 0.29) is 6.85 Å². The van der Waals surface area contributed by atoms with Crippen LogP contribution in [0, 0.1) is 20.8 Å². The highest BCUT2D eigenvalue weighted by atomic mass is 16.3. The molecule has 0 N–H and O–H groups in total. The maximum atomic E-state index is 6.58. The van der Waals surface area contributed by atoms with Crippen LogP contribution in [0.25, 0.3) is 71.7 Å². The van der Waals surface area contributed by atoms with Crippen LogP contribution in [-0.2, 0) is 0 Å². The molecule has 4 heterocycles. The standard InChI is InChI=1S/C45H31BN2O/c1-26-12-4-7-19-36(26)48-45-32(22-23-40-42(45)33-16-6-9-21-39(33)49-40)34-24-29(41-27(2)13-10-14-28(41)3)25-38-43(34)46(48)35-18-11-17-31-30-15-5-8-20-37(30)47(38)44(31)35/h4-25H,1-3H3. The van der Waals surface area contributed by atoms with E-state index in [0.29, 0.717) is 0 Å². The minimum atomic E-state index is -0.0506. The summed E-state index contributed by atoms with van der Waals surface area (Å²) in [6.07, 6.45) is 0. The average Bonchev–Trinajstić information content (AvgIpc) is 3.67. The summed E-state index contributed by atoms with van der Waals surface area (Å²) < 4.78 is 9.13. The minimum Gasteiger partial charge on any atom is -0.456 e. The van der Waals surface area contributed by atoms with Gasteiger partial charge in [-0.2, -0.15) is 0 Å². The number of fused-ring (bicyclic) bond motifs is 11. The first kappa shape index (κ1) is 27.0. The van der Waals surface area contributed by atoms with Gasteiger partial charge in [0.1, 0.15) is 11.2 Å². The van der Waals surface area contributed by atoms with Crippen molar-refractivity contribution < 1.29 is 4.42 Å². The molecule has 0 fully saturated rings. The molecular weight excluding hydrogens is 595 g/mol. The van der Waals surface area contributed by atoms with Crippen LogP contribution < -0.4 is 15.7 Å². The summed E-state index contributed by atoms with van der Waals surface area (Å²) in [6.45, 7) is 6.67. The molecule has 3 nitrogen and oxygen atoms in total. The van der Waals surface area contributed by atoms with E-state index in [0.717, 1.165) is 16.6 Å². The lowest BCUT2D eigenvalue weighted by atomic mass is 9.43. The van der Waals surface area contributed by atoms with Gasteiger partial charge in [-0.25, -0.2) is 0 Å². The van der Waals surface area contributed by atoms with E-state index in [1.165, 1.54) is 94.1 Å². The number of hydrogen-bond acceptors (Lipinski definition) is 2. The lowest BCUT2D eigenvalue weighted by molar-refractivity contribution is 0.669. The zero-order chi connectivity index (χ0) is 32.5. The molecular formula is C45H31BN2O. The van der Waals surface area contributed by atoms with Crippen LogP contribution in [0.5, 0.6) is 0 Å². The summed E-state index contributed by atoms with van der Waals surface area (Å²) in [5, 5.41) is 4.89. The van der Waals surface area contributed by atoms with E-state index < -0.39 is 0 Å². The second-order valence-electron chi connectivity index (χ2n) is 13.8. The molecule has 0 unspecified atom stereocenters. The van der Waals surface area contributed by atoms with Crippen molar-refractivity contribution in [3.63, 3.8) is 0 Å². The second-order valence-corrected chi connectivity index (χ2v) is 13.8. The van der Waals surface area contributed by atoms with Gasteiger partial charge in [-0.15, -0.1) is 0 Å². The molecule has 0 spiro atoms. The maximum absolute atomic E-state index is 6.58. The molecule has 11 rings (SSSR count). The Hall–Kier alpha value is -6.00. The van der Waals surface area contributed by atoms with Crippen molar-refractivity contribution in [3.8, 4) is 27.9 Å². The van der Waals surface area contributed by atoms with Crippen LogP contribution >= 0.6 is 0 Å². The zero-order valence-corrected chi connectivity index (χ0v) is 27.6. The summed E-state index contributed by atoms with van der Waals surface area (Å²) in [5.41, 5.74) is 19.6. The van der Waals surface area contributed by atoms with Gasteiger partial charge in [-0.05, 0) is 108 Å². The van der Waals surface area contributed by atoms with E-state index in [4.69, 9.17) is 4.42 Å². The largest absolute Gasteiger partial charge is 0.456 e. The Labute approximate surface area is 284 Å². The quantitative estimate of drug-likeness (QED) is 0.178. The van der Waals surface area contributed by atoms with Crippen molar-refractivity contribution >= 4 is 72.9 Å².